The Morgan fingerprint density at radius 2 is 2.11 bits per heavy atom. The third-order valence-electron chi connectivity index (χ3n) is 2.79. The number of benzene rings is 1. The fraction of sp³-hybridized carbons (Fsp3) is 0.312. The van der Waals surface area contributed by atoms with Crippen molar-refractivity contribution in [2.75, 3.05) is 0 Å². The molecule has 0 aliphatic carbocycles. The first-order valence-electron chi connectivity index (χ1n) is 6.17. The zero-order valence-electron chi connectivity index (χ0n) is 11.5. The van der Waals surface area contributed by atoms with Crippen LogP contribution < -0.4 is 5.73 Å². The van der Waals surface area contributed by atoms with Crippen LogP contribution in [0.4, 0.5) is 5.69 Å². The summed E-state index contributed by atoms with van der Waals surface area (Å²) in [6.07, 6.45) is 2.85. The van der Waals surface area contributed by atoms with Gasteiger partial charge in [0.05, 0.1) is 5.69 Å². The van der Waals surface area contributed by atoms with Gasteiger partial charge in [-0.15, -0.1) is 6.58 Å². The molecule has 96 valence electrons. The molecule has 1 aromatic rings. The lowest BCUT2D eigenvalue weighted by molar-refractivity contribution is 0.782. The molecule has 0 spiro atoms. The predicted octanol–water partition coefficient (Wildman–Crippen LogP) is 4.41. The summed E-state index contributed by atoms with van der Waals surface area (Å²) in [7, 11) is 0. The second-order valence-corrected chi connectivity index (χ2v) is 4.78. The zero-order valence-corrected chi connectivity index (χ0v) is 11.5. The van der Waals surface area contributed by atoms with Crippen LogP contribution in [-0.4, -0.2) is 5.71 Å². The monoisotopic (exact) mass is 242 g/mol. The molecule has 18 heavy (non-hydrogen) atoms. The molecule has 0 heterocycles. The van der Waals surface area contributed by atoms with Crippen LogP contribution in [0, 0.1) is 0 Å². The van der Waals surface area contributed by atoms with E-state index in [-0.39, 0.29) is 0 Å². The van der Waals surface area contributed by atoms with Crippen molar-refractivity contribution in [2.45, 2.75) is 33.1 Å². The summed E-state index contributed by atoms with van der Waals surface area (Å²) >= 11 is 0. The molecule has 2 N–H and O–H groups in total. The lowest BCUT2D eigenvalue weighted by Crippen LogP contribution is -1.99. The maximum atomic E-state index is 5.76. The Morgan fingerprint density at radius 1 is 1.44 bits per heavy atom. The number of aliphatic imine (C=N–C) groups is 1. The number of hydrogen-bond donors (Lipinski definition) is 1. The average molecular weight is 242 g/mol. The van der Waals surface area contributed by atoms with Gasteiger partial charge in [-0.05, 0) is 49.4 Å². The van der Waals surface area contributed by atoms with Crippen molar-refractivity contribution in [3.8, 4) is 0 Å². The molecule has 0 radical (unpaired) electrons. The quantitative estimate of drug-likeness (QED) is 0.603. The highest BCUT2D eigenvalue weighted by Gasteiger charge is 2.10. The molecule has 1 rings (SSSR count). The summed E-state index contributed by atoms with van der Waals surface area (Å²) < 4.78 is 0. The van der Waals surface area contributed by atoms with Crippen LogP contribution in [-0.2, 0) is 0 Å². The molecular formula is C16H22N2. The fourth-order valence-corrected chi connectivity index (χ4v) is 1.87. The number of nitrogens with two attached hydrogens (primary N) is 1. The third-order valence-corrected chi connectivity index (χ3v) is 2.79. The molecule has 0 aromatic heterocycles. The standard InChI is InChI=1S/C16H22N2/c1-6-7-12(4)15-10-14(13(5)17)8-9-16(15)18-11(2)3/h6,8-10,12H,1,5,7,17H2,2-4H3. The summed E-state index contributed by atoms with van der Waals surface area (Å²) in [6.45, 7) is 13.7. The lowest BCUT2D eigenvalue weighted by Gasteiger charge is -2.14. The van der Waals surface area contributed by atoms with E-state index < -0.39 is 0 Å². The Labute approximate surface area is 110 Å². The van der Waals surface area contributed by atoms with E-state index in [2.05, 4.69) is 31.1 Å². The molecule has 1 unspecified atom stereocenters. The second kappa shape index (κ2) is 6.20. The summed E-state index contributed by atoms with van der Waals surface area (Å²) in [5, 5.41) is 0. The number of nitrogens with zero attached hydrogens (tertiary/aromatic N) is 1. The van der Waals surface area contributed by atoms with E-state index in [4.69, 9.17) is 5.73 Å². The van der Waals surface area contributed by atoms with E-state index >= 15 is 0 Å². The molecule has 1 atom stereocenters. The lowest BCUT2D eigenvalue weighted by atomic mass is 9.94. The molecule has 0 saturated heterocycles. The Balaban J connectivity index is 3.30. The van der Waals surface area contributed by atoms with E-state index in [9.17, 15) is 0 Å². The van der Waals surface area contributed by atoms with Gasteiger partial charge in [0.25, 0.3) is 0 Å². The minimum Gasteiger partial charge on any atom is -0.399 e. The highest BCUT2D eigenvalue weighted by Crippen LogP contribution is 2.31. The maximum Gasteiger partial charge on any atom is 0.0664 e. The van der Waals surface area contributed by atoms with Gasteiger partial charge in [-0.3, -0.25) is 4.99 Å². The largest absolute Gasteiger partial charge is 0.399 e. The number of rotatable bonds is 5. The summed E-state index contributed by atoms with van der Waals surface area (Å²) in [5.74, 6) is 0.375. The molecule has 2 nitrogen and oxygen atoms in total. The van der Waals surface area contributed by atoms with E-state index in [1.54, 1.807) is 0 Å². The van der Waals surface area contributed by atoms with Crippen LogP contribution in [0.15, 0.2) is 42.4 Å². The molecule has 0 amide bonds. The highest BCUT2D eigenvalue weighted by atomic mass is 14.7. The van der Waals surface area contributed by atoms with Crippen molar-refractivity contribution >= 4 is 17.1 Å². The van der Waals surface area contributed by atoms with E-state index in [0.717, 1.165) is 23.4 Å². The predicted molar refractivity (Wildman–Crippen MR) is 81.3 cm³/mol. The zero-order chi connectivity index (χ0) is 13.7. The highest BCUT2D eigenvalue weighted by molar-refractivity contribution is 5.83. The van der Waals surface area contributed by atoms with Crippen molar-refractivity contribution in [1.82, 2.24) is 0 Å². The summed E-state index contributed by atoms with van der Waals surface area (Å²) in [5.41, 5.74) is 10.6. The van der Waals surface area contributed by atoms with Crippen molar-refractivity contribution in [3.05, 3.63) is 48.6 Å². The Kier molecular flexibility index (Phi) is 4.90. The van der Waals surface area contributed by atoms with Gasteiger partial charge >= 0.3 is 0 Å². The smallest absolute Gasteiger partial charge is 0.0664 e. The molecule has 0 fully saturated rings. The first-order valence-corrected chi connectivity index (χ1v) is 6.17. The minimum atomic E-state index is 0.375. The fourth-order valence-electron chi connectivity index (χ4n) is 1.87. The van der Waals surface area contributed by atoms with E-state index in [1.807, 2.05) is 32.1 Å². The number of hydrogen-bond acceptors (Lipinski definition) is 2. The Morgan fingerprint density at radius 3 is 2.61 bits per heavy atom. The van der Waals surface area contributed by atoms with E-state index in [0.29, 0.717) is 11.6 Å². The van der Waals surface area contributed by atoms with Crippen LogP contribution in [0.2, 0.25) is 0 Å². The van der Waals surface area contributed by atoms with Gasteiger partial charge in [0.1, 0.15) is 0 Å². The van der Waals surface area contributed by atoms with Gasteiger partial charge in [-0.25, -0.2) is 0 Å². The van der Waals surface area contributed by atoms with Crippen LogP contribution in [0.1, 0.15) is 44.2 Å². The van der Waals surface area contributed by atoms with Crippen molar-refractivity contribution in [1.29, 1.82) is 0 Å². The number of allylic oxidation sites excluding steroid dienone is 1. The van der Waals surface area contributed by atoms with Crippen molar-refractivity contribution < 1.29 is 0 Å². The van der Waals surface area contributed by atoms with Gasteiger partial charge in [-0.1, -0.05) is 25.6 Å². The average Bonchev–Trinajstić information content (AvgIpc) is 2.28. The molecule has 1 aromatic carbocycles. The Bertz CT molecular complexity index is 480. The van der Waals surface area contributed by atoms with Crippen LogP contribution in [0.3, 0.4) is 0 Å². The molecule has 2 heteroatoms. The van der Waals surface area contributed by atoms with Gasteiger partial charge in [0.15, 0.2) is 0 Å². The summed E-state index contributed by atoms with van der Waals surface area (Å²) in [6, 6.07) is 6.06. The molecular weight excluding hydrogens is 220 g/mol. The topological polar surface area (TPSA) is 38.4 Å². The van der Waals surface area contributed by atoms with Gasteiger partial charge in [0, 0.05) is 11.4 Å². The van der Waals surface area contributed by atoms with Gasteiger partial charge in [0.2, 0.25) is 0 Å². The molecule has 0 aliphatic rings. The minimum absolute atomic E-state index is 0.375. The second-order valence-electron chi connectivity index (χ2n) is 4.78. The van der Waals surface area contributed by atoms with Crippen LogP contribution >= 0.6 is 0 Å². The van der Waals surface area contributed by atoms with Gasteiger partial charge in [-0.2, -0.15) is 0 Å². The summed E-state index contributed by atoms with van der Waals surface area (Å²) in [4.78, 5) is 4.58. The van der Waals surface area contributed by atoms with Crippen molar-refractivity contribution in [2.24, 2.45) is 10.7 Å². The van der Waals surface area contributed by atoms with E-state index in [1.165, 1.54) is 5.56 Å². The molecule has 0 aliphatic heterocycles. The first-order chi connectivity index (χ1) is 8.45. The first kappa shape index (κ1) is 14.2. The third kappa shape index (κ3) is 3.59. The molecule has 0 saturated carbocycles. The maximum absolute atomic E-state index is 5.76. The normalized spacial score (nSPS) is 11.7. The Hall–Kier alpha value is -1.83. The SMILES string of the molecule is C=CCC(C)c1cc(C(=C)N)ccc1N=C(C)C. The molecule has 0 bridgehead atoms. The van der Waals surface area contributed by atoms with Crippen LogP contribution in [0.5, 0.6) is 0 Å². The van der Waals surface area contributed by atoms with Crippen molar-refractivity contribution in [3.63, 3.8) is 0 Å². The van der Waals surface area contributed by atoms with Gasteiger partial charge < -0.3 is 5.73 Å². The van der Waals surface area contributed by atoms with Crippen LogP contribution in [0.25, 0.3) is 5.70 Å².